The summed E-state index contributed by atoms with van der Waals surface area (Å²) in [6.45, 7) is 0.802. The third kappa shape index (κ3) is 2.98. The minimum Gasteiger partial charge on any atom is -0.441 e. The summed E-state index contributed by atoms with van der Waals surface area (Å²) in [7, 11) is 0. The van der Waals surface area contributed by atoms with E-state index in [1.807, 2.05) is 0 Å². The third-order valence-corrected chi connectivity index (χ3v) is 3.10. The van der Waals surface area contributed by atoms with Crippen LogP contribution in [0.15, 0.2) is 28.8 Å². The van der Waals surface area contributed by atoms with Gasteiger partial charge in [0.2, 0.25) is 0 Å². The topological polar surface area (TPSA) is 38.1 Å². The minimum atomic E-state index is -0.640. The van der Waals surface area contributed by atoms with E-state index in [0.29, 0.717) is 24.1 Å². The van der Waals surface area contributed by atoms with Crippen LogP contribution in [-0.2, 0) is 6.42 Å². The van der Waals surface area contributed by atoms with Crippen LogP contribution in [0, 0.1) is 11.6 Å². The molecule has 19 heavy (non-hydrogen) atoms. The summed E-state index contributed by atoms with van der Waals surface area (Å²) in [4.78, 5) is 4.11. The fourth-order valence-corrected chi connectivity index (χ4v) is 1.91. The van der Waals surface area contributed by atoms with E-state index in [1.165, 1.54) is 31.2 Å². The van der Waals surface area contributed by atoms with Crippen molar-refractivity contribution >= 4 is 0 Å². The van der Waals surface area contributed by atoms with Crippen LogP contribution in [0.2, 0.25) is 0 Å². The van der Waals surface area contributed by atoms with E-state index in [9.17, 15) is 8.78 Å². The van der Waals surface area contributed by atoms with Crippen LogP contribution in [0.25, 0.3) is 11.3 Å². The van der Waals surface area contributed by atoms with E-state index >= 15 is 0 Å². The molecule has 0 saturated heterocycles. The van der Waals surface area contributed by atoms with Crippen LogP contribution in [0.1, 0.15) is 18.7 Å². The molecule has 0 bridgehead atoms. The summed E-state index contributed by atoms with van der Waals surface area (Å²) >= 11 is 0. The van der Waals surface area contributed by atoms with E-state index in [2.05, 4.69) is 10.3 Å². The lowest BCUT2D eigenvalue weighted by molar-refractivity contribution is 0.490. The maximum Gasteiger partial charge on any atom is 0.196 e. The fourth-order valence-electron chi connectivity index (χ4n) is 1.91. The Kier molecular flexibility index (Phi) is 3.29. The Bertz CT molecular complexity index is 579. The predicted octanol–water partition coefficient (Wildman–Crippen LogP) is 2.91. The Morgan fingerprint density at radius 3 is 2.89 bits per heavy atom. The number of hydrogen-bond acceptors (Lipinski definition) is 3. The highest BCUT2D eigenvalue weighted by atomic mass is 19.1. The van der Waals surface area contributed by atoms with Gasteiger partial charge in [0, 0.05) is 25.1 Å². The van der Waals surface area contributed by atoms with Gasteiger partial charge in [-0.05, 0) is 25.0 Å². The van der Waals surface area contributed by atoms with Crippen molar-refractivity contribution in [3.05, 3.63) is 41.9 Å². The molecule has 3 nitrogen and oxygen atoms in total. The van der Waals surface area contributed by atoms with E-state index in [-0.39, 0.29) is 5.56 Å². The first-order valence-electron chi connectivity index (χ1n) is 6.36. The lowest BCUT2D eigenvalue weighted by atomic mass is 10.2. The second-order valence-electron chi connectivity index (χ2n) is 4.72. The minimum absolute atomic E-state index is 0.232. The second-order valence-corrected chi connectivity index (χ2v) is 4.72. The fraction of sp³-hybridized carbons (Fsp3) is 0.357. The molecule has 1 aromatic heterocycles. The van der Waals surface area contributed by atoms with Gasteiger partial charge in [0.15, 0.2) is 11.7 Å². The molecule has 0 spiro atoms. The summed E-state index contributed by atoms with van der Waals surface area (Å²) < 4.78 is 31.9. The van der Waals surface area contributed by atoms with Crippen LogP contribution < -0.4 is 5.32 Å². The number of rotatable bonds is 5. The van der Waals surface area contributed by atoms with Crippen molar-refractivity contribution in [1.82, 2.24) is 10.3 Å². The predicted molar refractivity (Wildman–Crippen MR) is 66.6 cm³/mol. The highest BCUT2D eigenvalue weighted by Crippen LogP contribution is 2.24. The van der Waals surface area contributed by atoms with E-state index in [0.717, 1.165) is 12.6 Å². The van der Waals surface area contributed by atoms with Crippen LogP contribution in [0.4, 0.5) is 8.78 Å². The molecule has 0 aliphatic heterocycles. The molecule has 0 atom stereocenters. The molecule has 2 aromatic rings. The van der Waals surface area contributed by atoms with Crippen molar-refractivity contribution in [2.75, 3.05) is 6.54 Å². The smallest absolute Gasteiger partial charge is 0.196 e. The van der Waals surface area contributed by atoms with Gasteiger partial charge in [0.05, 0.1) is 11.8 Å². The van der Waals surface area contributed by atoms with Gasteiger partial charge < -0.3 is 9.73 Å². The van der Waals surface area contributed by atoms with Crippen molar-refractivity contribution in [1.29, 1.82) is 0 Å². The normalized spacial score (nSPS) is 14.8. The van der Waals surface area contributed by atoms with Gasteiger partial charge in [-0.1, -0.05) is 0 Å². The molecule has 1 N–H and O–H groups in total. The Balaban J connectivity index is 1.68. The average Bonchev–Trinajstić information content (AvgIpc) is 3.07. The zero-order valence-corrected chi connectivity index (χ0v) is 10.3. The molecule has 1 saturated carbocycles. The number of aromatic nitrogens is 1. The summed E-state index contributed by atoms with van der Waals surface area (Å²) in [5, 5.41) is 3.35. The molecule has 1 aliphatic rings. The molecular formula is C14H14F2N2O. The first-order valence-corrected chi connectivity index (χ1v) is 6.36. The Hall–Kier alpha value is -1.75. The Morgan fingerprint density at radius 1 is 1.32 bits per heavy atom. The lowest BCUT2D eigenvalue weighted by Crippen LogP contribution is -2.19. The van der Waals surface area contributed by atoms with Gasteiger partial charge in [-0.2, -0.15) is 0 Å². The standard InChI is InChI=1S/C14H14F2N2O/c15-9-1-4-11(12(16)7-9)13-8-18-14(19-13)5-6-17-10-2-3-10/h1,4,7-8,10,17H,2-3,5-6H2. The van der Waals surface area contributed by atoms with Gasteiger partial charge >= 0.3 is 0 Å². The number of hydrogen-bond donors (Lipinski definition) is 1. The van der Waals surface area contributed by atoms with E-state index in [4.69, 9.17) is 4.42 Å². The average molecular weight is 264 g/mol. The molecule has 1 heterocycles. The highest BCUT2D eigenvalue weighted by Gasteiger charge is 2.20. The molecule has 3 rings (SSSR count). The zero-order valence-electron chi connectivity index (χ0n) is 10.3. The number of halogens is 2. The molecule has 0 unspecified atom stereocenters. The molecule has 1 fully saturated rings. The quantitative estimate of drug-likeness (QED) is 0.902. The Labute approximate surface area is 109 Å². The maximum absolute atomic E-state index is 13.6. The molecule has 5 heteroatoms. The summed E-state index contributed by atoms with van der Waals surface area (Å²) in [6, 6.07) is 4.04. The zero-order chi connectivity index (χ0) is 13.2. The van der Waals surface area contributed by atoms with E-state index < -0.39 is 11.6 Å². The van der Waals surface area contributed by atoms with Crippen LogP contribution in [0.3, 0.4) is 0 Å². The van der Waals surface area contributed by atoms with Crippen molar-refractivity contribution in [2.45, 2.75) is 25.3 Å². The van der Waals surface area contributed by atoms with Crippen LogP contribution in [-0.4, -0.2) is 17.6 Å². The van der Waals surface area contributed by atoms with Gasteiger partial charge in [0.25, 0.3) is 0 Å². The maximum atomic E-state index is 13.6. The number of nitrogens with one attached hydrogen (secondary N) is 1. The van der Waals surface area contributed by atoms with Gasteiger partial charge in [0.1, 0.15) is 11.6 Å². The van der Waals surface area contributed by atoms with Gasteiger partial charge in [-0.3, -0.25) is 0 Å². The number of benzene rings is 1. The first kappa shape index (κ1) is 12.3. The van der Waals surface area contributed by atoms with Gasteiger partial charge in [-0.25, -0.2) is 13.8 Å². The Morgan fingerprint density at radius 2 is 2.16 bits per heavy atom. The van der Waals surface area contributed by atoms with Crippen molar-refractivity contribution < 1.29 is 13.2 Å². The highest BCUT2D eigenvalue weighted by molar-refractivity contribution is 5.57. The lowest BCUT2D eigenvalue weighted by Gasteiger charge is -2.00. The summed E-state index contributed by atoms with van der Waals surface area (Å²) in [6.07, 6.45) is 4.61. The molecule has 1 aromatic carbocycles. The molecule has 100 valence electrons. The SMILES string of the molecule is Fc1ccc(-c2cnc(CCNC3CC3)o2)c(F)c1. The summed E-state index contributed by atoms with van der Waals surface area (Å²) in [5.41, 5.74) is 0.232. The monoisotopic (exact) mass is 264 g/mol. The largest absolute Gasteiger partial charge is 0.441 e. The third-order valence-electron chi connectivity index (χ3n) is 3.10. The first-order chi connectivity index (χ1) is 9.22. The molecule has 0 radical (unpaired) electrons. The van der Waals surface area contributed by atoms with Crippen molar-refractivity contribution in [3.8, 4) is 11.3 Å². The summed E-state index contributed by atoms with van der Waals surface area (Å²) in [5.74, 6) is -0.348. The second kappa shape index (κ2) is 5.09. The van der Waals surface area contributed by atoms with Gasteiger partial charge in [-0.15, -0.1) is 0 Å². The van der Waals surface area contributed by atoms with Crippen LogP contribution >= 0.6 is 0 Å². The number of nitrogens with zero attached hydrogens (tertiary/aromatic N) is 1. The van der Waals surface area contributed by atoms with E-state index in [1.54, 1.807) is 0 Å². The van der Waals surface area contributed by atoms with Crippen LogP contribution in [0.5, 0.6) is 0 Å². The molecular weight excluding hydrogens is 250 g/mol. The van der Waals surface area contributed by atoms with Crippen molar-refractivity contribution in [3.63, 3.8) is 0 Å². The molecule has 0 amide bonds. The van der Waals surface area contributed by atoms with Crippen molar-refractivity contribution in [2.24, 2.45) is 0 Å². The molecule has 1 aliphatic carbocycles. The number of oxazole rings is 1.